The summed E-state index contributed by atoms with van der Waals surface area (Å²) >= 11 is 3.44. The van der Waals surface area contributed by atoms with E-state index in [0.29, 0.717) is 5.75 Å². The predicted molar refractivity (Wildman–Crippen MR) is 76.0 cm³/mol. The Hall–Kier alpha value is -0.390. The molecule has 1 aromatic carbocycles. The molecule has 0 fully saturated rings. The van der Waals surface area contributed by atoms with Gasteiger partial charge in [0.05, 0.1) is 7.11 Å². The van der Waals surface area contributed by atoms with E-state index >= 15 is 0 Å². The number of hydrogen-bond acceptors (Lipinski definition) is 3. The molecule has 17 heavy (non-hydrogen) atoms. The largest absolute Gasteiger partial charge is 0.496 e. The van der Waals surface area contributed by atoms with E-state index in [1.807, 2.05) is 25.1 Å². The Labute approximate surface area is 114 Å². The van der Waals surface area contributed by atoms with Gasteiger partial charge in [0.2, 0.25) is 0 Å². The normalized spacial score (nSPS) is 12.4. The minimum atomic E-state index is -0.699. The van der Waals surface area contributed by atoms with Gasteiger partial charge in [0, 0.05) is 45.4 Å². The van der Waals surface area contributed by atoms with Crippen molar-refractivity contribution in [2.24, 2.45) is 0 Å². The number of rotatable bonds is 7. The van der Waals surface area contributed by atoms with Crippen molar-refractivity contribution < 1.29 is 8.95 Å². The van der Waals surface area contributed by atoms with Crippen LogP contribution in [-0.2, 0) is 17.3 Å². The third-order valence-electron chi connectivity index (χ3n) is 2.39. The van der Waals surface area contributed by atoms with E-state index in [1.54, 1.807) is 7.11 Å². The van der Waals surface area contributed by atoms with Gasteiger partial charge in [0.15, 0.2) is 0 Å². The quantitative estimate of drug-likeness (QED) is 0.784. The highest BCUT2D eigenvalue weighted by molar-refractivity contribution is 9.10. The standard InChI is InChI=1S/C12H18BrNO2S/c1-3-17(15)7-6-14-9-10-8-11(13)4-5-12(10)16-2/h4-5,8,14H,3,6-7,9H2,1-2H3. The van der Waals surface area contributed by atoms with Crippen molar-refractivity contribution in [3.05, 3.63) is 28.2 Å². The maximum Gasteiger partial charge on any atom is 0.123 e. The van der Waals surface area contributed by atoms with Gasteiger partial charge in [0.1, 0.15) is 5.75 Å². The summed E-state index contributed by atoms with van der Waals surface area (Å²) in [6.07, 6.45) is 0. The fraction of sp³-hybridized carbons (Fsp3) is 0.500. The van der Waals surface area contributed by atoms with Gasteiger partial charge in [-0.05, 0) is 18.2 Å². The number of nitrogens with one attached hydrogen (secondary N) is 1. The van der Waals surface area contributed by atoms with E-state index in [9.17, 15) is 4.21 Å². The molecule has 0 radical (unpaired) electrons. The van der Waals surface area contributed by atoms with Gasteiger partial charge in [-0.15, -0.1) is 0 Å². The molecule has 0 saturated heterocycles. The maximum absolute atomic E-state index is 11.2. The van der Waals surface area contributed by atoms with Gasteiger partial charge in [-0.3, -0.25) is 4.21 Å². The monoisotopic (exact) mass is 319 g/mol. The van der Waals surface area contributed by atoms with Gasteiger partial charge >= 0.3 is 0 Å². The molecule has 1 N–H and O–H groups in total. The average Bonchev–Trinajstić information content (AvgIpc) is 2.34. The molecule has 0 saturated carbocycles. The van der Waals surface area contributed by atoms with Crippen molar-refractivity contribution in [2.45, 2.75) is 13.5 Å². The van der Waals surface area contributed by atoms with E-state index < -0.39 is 10.8 Å². The fourth-order valence-corrected chi connectivity index (χ4v) is 2.51. The minimum absolute atomic E-state index is 0.699. The Kier molecular flexibility index (Phi) is 6.77. The van der Waals surface area contributed by atoms with Crippen molar-refractivity contribution in [3.63, 3.8) is 0 Å². The number of methoxy groups -OCH3 is 1. The van der Waals surface area contributed by atoms with E-state index in [4.69, 9.17) is 4.74 Å². The van der Waals surface area contributed by atoms with Crippen LogP contribution in [0.25, 0.3) is 0 Å². The summed E-state index contributed by atoms with van der Waals surface area (Å²) in [6.45, 7) is 3.42. The minimum Gasteiger partial charge on any atom is -0.496 e. The first-order chi connectivity index (χ1) is 8.17. The van der Waals surface area contributed by atoms with Crippen LogP contribution in [0.4, 0.5) is 0 Å². The van der Waals surface area contributed by atoms with E-state index in [2.05, 4.69) is 21.2 Å². The zero-order chi connectivity index (χ0) is 12.7. The lowest BCUT2D eigenvalue weighted by molar-refractivity contribution is 0.408. The summed E-state index contributed by atoms with van der Waals surface area (Å²) in [6, 6.07) is 5.92. The second-order valence-corrected chi connectivity index (χ2v) is 6.35. The number of hydrogen-bond donors (Lipinski definition) is 1. The van der Waals surface area contributed by atoms with Gasteiger partial charge in [0.25, 0.3) is 0 Å². The van der Waals surface area contributed by atoms with Crippen LogP contribution in [0, 0.1) is 0 Å². The van der Waals surface area contributed by atoms with E-state index in [1.165, 1.54) is 0 Å². The number of halogens is 1. The number of ether oxygens (including phenoxy) is 1. The van der Waals surface area contributed by atoms with Crippen LogP contribution in [0.3, 0.4) is 0 Å². The van der Waals surface area contributed by atoms with Crippen LogP contribution < -0.4 is 10.1 Å². The molecule has 0 heterocycles. The summed E-state index contributed by atoms with van der Waals surface area (Å²) in [5.74, 6) is 2.30. The summed E-state index contributed by atoms with van der Waals surface area (Å²) in [5, 5.41) is 3.27. The summed E-state index contributed by atoms with van der Waals surface area (Å²) < 4.78 is 17.6. The molecule has 0 aliphatic heterocycles. The Bertz CT molecular complexity index is 385. The molecule has 0 spiro atoms. The second kappa shape index (κ2) is 7.84. The Balaban J connectivity index is 2.45. The lowest BCUT2D eigenvalue weighted by Crippen LogP contribution is -2.20. The molecule has 0 aliphatic rings. The molecule has 5 heteroatoms. The van der Waals surface area contributed by atoms with Gasteiger partial charge in [-0.25, -0.2) is 0 Å². The predicted octanol–water partition coefficient (Wildman–Crippen LogP) is 2.32. The molecule has 3 nitrogen and oxygen atoms in total. The molecule has 0 bridgehead atoms. The zero-order valence-corrected chi connectivity index (χ0v) is 12.6. The van der Waals surface area contributed by atoms with Crippen molar-refractivity contribution >= 4 is 26.7 Å². The SMILES string of the molecule is CCS(=O)CCNCc1cc(Br)ccc1OC. The molecule has 1 atom stereocenters. The topological polar surface area (TPSA) is 38.3 Å². The van der Waals surface area contributed by atoms with Gasteiger partial charge in [-0.2, -0.15) is 0 Å². The lowest BCUT2D eigenvalue weighted by atomic mass is 10.2. The second-order valence-electron chi connectivity index (χ2n) is 3.57. The maximum atomic E-state index is 11.2. The molecular formula is C12H18BrNO2S. The first-order valence-electron chi connectivity index (χ1n) is 5.55. The van der Waals surface area contributed by atoms with Crippen LogP contribution in [-0.4, -0.2) is 29.4 Å². The van der Waals surface area contributed by atoms with Crippen LogP contribution in [0.2, 0.25) is 0 Å². The molecule has 0 aliphatic carbocycles. The lowest BCUT2D eigenvalue weighted by Gasteiger charge is -2.10. The number of benzene rings is 1. The average molecular weight is 320 g/mol. The molecule has 0 aromatic heterocycles. The molecule has 1 unspecified atom stereocenters. The first-order valence-corrected chi connectivity index (χ1v) is 7.83. The Morgan fingerprint density at radius 3 is 2.88 bits per heavy atom. The highest BCUT2D eigenvalue weighted by Crippen LogP contribution is 2.22. The third kappa shape index (κ3) is 5.19. The summed E-state index contributed by atoms with van der Waals surface area (Å²) in [7, 11) is 0.966. The van der Waals surface area contributed by atoms with Crippen LogP contribution >= 0.6 is 15.9 Å². The molecular weight excluding hydrogens is 302 g/mol. The first kappa shape index (κ1) is 14.7. The van der Waals surface area contributed by atoms with Gasteiger partial charge < -0.3 is 10.1 Å². The molecule has 1 aromatic rings. The zero-order valence-electron chi connectivity index (χ0n) is 10.2. The summed E-state index contributed by atoms with van der Waals surface area (Å²) in [5.41, 5.74) is 1.10. The fourth-order valence-electron chi connectivity index (χ4n) is 1.44. The molecule has 1 rings (SSSR count). The smallest absolute Gasteiger partial charge is 0.123 e. The van der Waals surface area contributed by atoms with Crippen molar-refractivity contribution in [1.82, 2.24) is 5.32 Å². The Morgan fingerprint density at radius 1 is 1.47 bits per heavy atom. The van der Waals surface area contributed by atoms with E-state index in [-0.39, 0.29) is 0 Å². The van der Waals surface area contributed by atoms with Crippen molar-refractivity contribution in [3.8, 4) is 5.75 Å². The summed E-state index contributed by atoms with van der Waals surface area (Å²) in [4.78, 5) is 0. The molecule has 0 amide bonds. The molecule has 96 valence electrons. The van der Waals surface area contributed by atoms with Crippen molar-refractivity contribution in [1.29, 1.82) is 0 Å². The Morgan fingerprint density at radius 2 is 2.24 bits per heavy atom. The van der Waals surface area contributed by atoms with E-state index in [0.717, 1.165) is 34.6 Å². The van der Waals surface area contributed by atoms with Crippen LogP contribution in [0.15, 0.2) is 22.7 Å². The van der Waals surface area contributed by atoms with Gasteiger partial charge in [-0.1, -0.05) is 22.9 Å². The van der Waals surface area contributed by atoms with Crippen molar-refractivity contribution in [2.75, 3.05) is 25.2 Å². The third-order valence-corrected chi connectivity index (χ3v) is 4.18. The highest BCUT2D eigenvalue weighted by Gasteiger charge is 2.03. The highest BCUT2D eigenvalue weighted by atomic mass is 79.9. The van der Waals surface area contributed by atoms with Crippen LogP contribution in [0.1, 0.15) is 12.5 Å². The van der Waals surface area contributed by atoms with Crippen LogP contribution in [0.5, 0.6) is 5.75 Å².